The molecule has 0 saturated carbocycles. The molecule has 6 nitrogen and oxygen atoms in total. The summed E-state index contributed by atoms with van der Waals surface area (Å²) in [7, 11) is 1.63. The van der Waals surface area contributed by atoms with Gasteiger partial charge in [-0.05, 0) is 54.6 Å². The minimum absolute atomic E-state index is 0.0629. The van der Waals surface area contributed by atoms with E-state index in [0.717, 1.165) is 27.4 Å². The second kappa shape index (κ2) is 9.20. The van der Waals surface area contributed by atoms with Crippen molar-refractivity contribution < 1.29 is 9.59 Å². The van der Waals surface area contributed by atoms with E-state index in [0.29, 0.717) is 11.3 Å². The molecule has 0 radical (unpaired) electrons. The number of aryl methyl sites for hydroxylation is 1. The summed E-state index contributed by atoms with van der Waals surface area (Å²) in [4.78, 5) is 28.3. The molecule has 0 atom stereocenters. The normalized spacial score (nSPS) is 10.7. The lowest BCUT2D eigenvalue weighted by Crippen LogP contribution is -2.35. The van der Waals surface area contributed by atoms with Gasteiger partial charge in [-0.1, -0.05) is 36.4 Å². The number of carbonyl (C=O) groups excluding carboxylic acids is 2. The Labute approximate surface area is 191 Å². The van der Waals surface area contributed by atoms with Crippen molar-refractivity contribution in [3.05, 3.63) is 88.9 Å². The molecule has 0 unspecified atom stereocenters. The zero-order valence-corrected chi connectivity index (χ0v) is 19.0. The number of para-hydroxylation sites is 1. The molecule has 4 rings (SSSR count). The van der Waals surface area contributed by atoms with Gasteiger partial charge in [0.25, 0.3) is 5.91 Å². The Balaban J connectivity index is 1.57. The number of aromatic nitrogens is 2. The first-order valence-electron chi connectivity index (χ1n) is 10.2. The molecule has 32 heavy (non-hydrogen) atoms. The standard InChI is InChI=1S/C25H24N4O2S/c1-17-9-7-12-21(18(17)2)26-23(30)16-28(3)25(31)20-15-29(19-10-5-4-6-11-19)27-24(20)22-13-8-14-32-22/h4-15H,16H2,1-3H3,(H,26,30). The number of thiophene rings is 1. The van der Waals surface area contributed by atoms with Crippen LogP contribution in [0.4, 0.5) is 5.69 Å². The molecule has 0 aliphatic heterocycles. The van der Waals surface area contributed by atoms with E-state index in [1.807, 2.05) is 79.9 Å². The summed E-state index contributed by atoms with van der Waals surface area (Å²) >= 11 is 1.52. The molecule has 4 aromatic rings. The fourth-order valence-electron chi connectivity index (χ4n) is 3.41. The Bertz CT molecular complexity index is 1250. The van der Waals surface area contributed by atoms with Gasteiger partial charge in [0.2, 0.25) is 5.91 Å². The van der Waals surface area contributed by atoms with Crippen molar-refractivity contribution in [1.29, 1.82) is 0 Å². The minimum Gasteiger partial charge on any atom is -0.332 e. The van der Waals surface area contributed by atoms with E-state index in [4.69, 9.17) is 0 Å². The average Bonchev–Trinajstić information content (AvgIpc) is 3.47. The SMILES string of the molecule is Cc1cccc(NC(=O)CN(C)C(=O)c2cn(-c3ccccc3)nc2-c2cccs2)c1C. The molecule has 0 saturated heterocycles. The number of likely N-dealkylation sites (N-methyl/N-ethyl adjacent to an activating group) is 1. The van der Waals surface area contributed by atoms with Crippen molar-refractivity contribution in [3.8, 4) is 16.3 Å². The van der Waals surface area contributed by atoms with Crippen LogP contribution in [-0.4, -0.2) is 40.1 Å². The lowest BCUT2D eigenvalue weighted by Gasteiger charge is -2.17. The zero-order chi connectivity index (χ0) is 22.7. The van der Waals surface area contributed by atoms with Gasteiger partial charge < -0.3 is 10.2 Å². The molecule has 0 fully saturated rings. The third kappa shape index (κ3) is 4.48. The van der Waals surface area contributed by atoms with Crippen molar-refractivity contribution in [2.75, 3.05) is 18.9 Å². The average molecular weight is 445 g/mol. The van der Waals surface area contributed by atoms with Crippen LogP contribution in [0.25, 0.3) is 16.3 Å². The van der Waals surface area contributed by atoms with Gasteiger partial charge in [0.1, 0.15) is 5.69 Å². The first-order valence-corrected chi connectivity index (χ1v) is 11.1. The Kier molecular flexibility index (Phi) is 6.18. The summed E-state index contributed by atoms with van der Waals surface area (Å²) in [5.74, 6) is -0.505. The first-order chi connectivity index (χ1) is 15.4. The minimum atomic E-state index is -0.258. The third-order valence-corrected chi connectivity index (χ3v) is 6.20. The molecule has 2 amide bonds. The van der Waals surface area contributed by atoms with E-state index in [9.17, 15) is 9.59 Å². The number of benzene rings is 2. The van der Waals surface area contributed by atoms with Crippen LogP contribution in [0.1, 0.15) is 21.5 Å². The van der Waals surface area contributed by atoms with E-state index >= 15 is 0 Å². The quantitative estimate of drug-likeness (QED) is 0.459. The van der Waals surface area contributed by atoms with Gasteiger partial charge >= 0.3 is 0 Å². The first kappa shape index (κ1) is 21.5. The number of rotatable bonds is 6. The predicted octanol–water partition coefficient (Wildman–Crippen LogP) is 4.93. The second-order valence-electron chi connectivity index (χ2n) is 7.61. The largest absolute Gasteiger partial charge is 0.332 e. The maximum absolute atomic E-state index is 13.3. The molecule has 0 aliphatic carbocycles. The number of nitrogens with zero attached hydrogens (tertiary/aromatic N) is 3. The molecule has 2 aromatic heterocycles. The lowest BCUT2D eigenvalue weighted by molar-refractivity contribution is -0.116. The van der Waals surface area contributed by atoms with Gasteiger partial charge in [0.15, 0.2) is 0 Å². The molecule has 162 valence electrons. The molecule has 0 aliphatic rings. The van der Waals surface area contributed by atoms with Crippen LogP contribution in [-0.2, 0) is 4.79 Å². The van der Waals surface area contributed by atoms with Crippen LogP contribution in [0.15, 0.2) is 72.2 Å². The molecule has 7 heteroatoms. The monoisotopic (exact) mass is 444 g/mol. The number of carbonyl (C=O) groups is 2. The van der Waals surface area contributed by atoms with Crippen molar-refractivity contribution in [2.24, 2.45) is 0 Å². The van der Waals surface area contributed by atoms with Crippen molar-refractivity contribution in [1.82, 2.24) is 14.7 Å². The summed E-state index contributed by atoms with van der Waals surface area (Å²) in [6, 6.07) is 19.3. The predicted molar refractivity (Wildman–Crippen MR) is 128 cm³/mol. The van der Waals surface area contributed by atoms with E-state index in [2.05, 4.69) is 10.4 Å². The highest BCUT2D eigenvalue weighted by molar-refractivity contribution is 7.13. The lowest BCUT2D eigenvalue weighted by atomic mass is 10.1. The summed E-state index contributed by atoms with van der Waals surface area (Å²) in [6.45, 7) is 3.90. The fourth-order valence-corrected chi connectivity index (χ4v) is 4.13. The topological polar surface area (TPSA) is 67.2 Å². The highest BCUT2D eigenvalue weighted by atomic mass is 32.1. The highest BCUT2D eigenvalue weighted by Crippen LogP contribution is 2.28. The number of hydrogen-bond acceptors (Lipinski definition) is 4. The van der Waals surface area contributed by atoms with E-state index in [1.54, 1.807) is 17.9 Å². The number of anilines is 1. The van der Waals surface area contributed by atoms with Gasteiger partial charge in [-0.25, -0.2) is 4.68 Å². The summed E-state index contributed by atoms with van der Waals surface area (Å²) in [5, 5.41) is 9.53. The van der Waals surface area contributed by atoms with Crippen molar-refractivity contribution >= 4 is 28.8 Å². The maximum atomic E-state index is 13.3. The molecular formula is C25H24N4O2S. The Morgan fingerprint density at radius 1 is 1.03 bits per heavy atom. The van der Waals surface area contributed by atoms with Crippen molar-refractivity contribution in [2.45, 2.75) is 13.8 Å². The summed E-state index contributed by atoms with van der Waals surface area (Å²) < 4.78 is 1.70. The second-order valence-corrected chi connectivity index (χ2v) is 8.55. The van der Waals surface area contributed by atoms with Crippen LogP contribution in [0, 0.1) is 13.8 Å². The Hall–Kier alpha value is -3.71. The molecule has 0 bridgehead atoms. The Morgan fingerprint density at radius 2 is 1.81 bits per heavy atom. The summed E-state index contributed by atoms with van der Waals surface area (Å²) in [5.41, 5.74) is 4.79. The molecular weight excluding hydrogens is 420 g/mol. The molecule has 2 heterocycles. The van der Waals surface area contributed by atoms with Crippen molar-refractivity contribution in [3.63, 3.8) is 0 Å². The number of hydrogen-bond donors (Lipinski definition) is 1. The molecule has 2 aromatic carbocycles. The van der Waals surface area contributed by atoms with E-state index < -0.39 is 0 Å². The van der Waals surface area contributed by atoms with Gasteiger partial charge in [-0.15, -0.1) is 11.3 Å². The Morgan fingerprint density at radius 3 is 2.53 bits per heavy atom. The maximum Gasteiger partial charge on any atom is 0.257 e. The molecule has 0 spiro atoms. The fraction of sp³-hybridized carbons (Fsp3) is 0.160. The van der Waals surface area contributed by atoms with E-state index in [1.165, 1.54) is 16.2 Å². The van der Waals surface area contributed by atoms with Crippen LogP contribution in [0.3, 0.4) is 0 Å². The number of amides is 2. The zero-order valence-electron chi connectivity index (χ0n) is 18.2. The summed E-state index contributed by atoms with van der Waals surface area (Å²) in [6.07, 6.45) is 1.73. The van der Waals surface area contributed by atoms with Gasteiger partial charge in [-0.3, -0.25) is 9.59 Å². The number of nitrogens with one attached hydrogen (secondary N) is 1. The van der Waals surface area contributed by atoms with Crippen LogP contribution in [0.5, 0.6) is 0 Å². The van der Waals surface area contributed by atoms with Crippen LogP contribution < -0.4 is 5.32 Å². The highest BCUT2D eigenvalue weighted by Gasteiger charge is 2.23. The van der Waals surface area contributed by atoms with Gasteiger partial charge in [-0.2, -0.15) is 5.10 Å². The van der Waals surface area contributed by atoms with E-state index in [-0.39, 0.29) is 18.4 Å². The van der Waals surface area contributed by atoms with Crippen LogP contribution >= 0.6 is 11.3 Å². The molecule has 1 N–H and O–H groups in total. The van der Waals surface area contributed by atoms with Gasteiger partial charge in [0.05, 0.1) is 22.7 Å². The van der Waals surface area contributed by atoms with Gasteiger partial charge in [0, 0.05) is 18.9 Å². The third-order valence-electron chi connectivity index (χ3n) is 5.33. The van der Waals surface area contributed by atoms with Crippen LogP contribution in [0.2, 0.25) is 0 Å². The smallest absolute Gasteiger partial charge is 0.257 e.